The fourth-order valence-electron chi connectivity index (χ4n) is 6.97. The Morgan fingerprint density at radius 1 is 0.526 bits per heavy atom. The van der Waals surface area contributed by atoms with Gasteiger partial charge in [0.05, 0.1) is 5.52 Å². The SMILES string of the molecule is CC1(C)c2ccccc2-c2c1c(-c1ccccc1)c(-c1ccccc1)c1c2[nH]c2ccc3ccccc3c21. The molecule has 0 unspecified atom stereocenters. The Kier molecular flexibility index (Phi) is 4.35. The number of nitrogens with one attached hydrogen (secondary N) is 1. The van der Waals surface area contributed by atoms with Crippen molar-refractivity contribution >= 4 is 32.6 Å². The number of hydrogen-bond donors (Lipinski definition) is 1. The molecule has 8 rings (SSSR count). The van der Waals surface area contributed by atoms with Crippen LogP contribution in [-0.2, 0) is 5.41 Å². The van der Waals surface area contributed by atoms with Gasteiger partial charge in [-0.25, -0.2) is 0 Å². The van der Waals surface area contributed by atoms with Gasteiger partial charge in [0, 0.05) is 27.3 Å². The van der Waals surface area contributed by atoms with Crippen LogP contribution in [0.4, 0.5) is 0 Å². The molecule has 7 aromatic rings. The fraction of sp³-hybridized carbons (Fsp3) is 0.0811. The number of hydrogen-bond acceptors (Lipinski definition) is 0. The fourth-order valence-corrected chi connectivity index (χ4v) is 6.97. The van der Waals surface area contributed by atoms with Gasteiger partial charge in [0.1, 0.15) is 0 Å². The summed E-state index contributed by atoms with van der Waals surface area (Å²) in [7, 11) is 0. The molecule has 0 radical (unpaired) electrons. The van der Waals surface area contributed by atoms with Crippen LogP contribution < -0.4 is 0 Å². The Morgan fingerprint density at radius 3 is 1.92 bits per heavy atom. The summed E-state index contributed by atoms with van der Waals surface area (Å²) in [6, 6.07) is 44.3. The Hall–Kier alpha value is -4.62. The van der Waals surface area contributed by atoms with Gasteiger partial charge in [0.25, 0.3) is 0 Å². The van der Waals surface area contributed by atoms with Gasteiger partial charge in [-0.15, -0.1) is 0 Å². The van der Waals surface area contributed by atoms with Crippen LogP contribution in [-0.4, -0.2) is 4.98 Å². The monoisotopic (exact) mass is 485 g/mol. The number of H-pyrrole nitrogens is 1. The molecule has 0 atom stereocenters. The van der Waals surface area contributed by atoms with Crippen molar-refractivity contribution in [3.63, 3.8) is 0 Å². The van der Waals surface area contributed by atoms with Gasteiger partial charge in [0.2, 0.25) is 0 Å². The summed E-state index contributed by atoms with van der Waals surface area (Å²) >= 11 is 0. The zero-order chi connectivity index (χ0) is 25.4. The first-order chi connectivity index (χ1) is 18.6. The maximum Gasteiger partial charge on any atom is 0.0554 e. The largest absolute Gasteiger partial charge is 0.354 e. The summed E-state index contributed by atoms with van der Waals surface area (Å²) in [6.45, 7) is 4.78. The van der Waals surface area contributed by atoms with Crippen LogP contribution >= 0.6 is 0 Å². The third kappa shape index (κ3) is 2.76. The molecule has 6 aromatic carbocycles. The van der Waals surface area contributed by atoms with E-state index in [1.54, 1.807) is 0 Å². The molecular formula is C37H27N. The molecule has 1 aliphatic carbocycles. The van der Waals surface area contributed by atoms with Gasteiger partial charge in [-0.05, 0) is 55.8 Å². The van der Waals surface area contributed by atoms with Gasteiger partial charge in [-0.2, -0.15) is 0 Å². The van der Waals surface area contributed by atoms with E-state index < -0.39 is 0 Å². The van der Waals surface area contributed by atoms with Gasteiger partial charge >= 0.3 is 0 Å². The maximum atomic E-state index is 3.94. The molecule has 0 saturated carbocycles. The van der Waals surface area contributed by atoms with Crippen LogP contribution in [0.15, 0.2) is 121 Å². The second-order valence-corrected chi connectivity index (χ2v) is 11.0. The van der Waals surface area contributed by atoms with Gasteiger partial charge < -0.3 is 4.98 Å². The summed E-state index contributed by atoms with van der Waals surface area (Å²) in [5, 5.41) is 5.17. The minimum atomic E-state index is -0.145. The molecule has 1 heterocycles. The minimum absolute atomic E-state index is 0.145. The van der Waals surface area contributed by atoms with Crippen molar-refractivity contribution in [1.82, 2.24) is 4.98 Å². The first-order valence-electron chi connectivity index (χ1n) is 13.4. The molecule has 0 bridgehead atoms. The highest BCUT2D eigenvalue weighted by atomic mass is 14.7. The number of benzene rings is 6. The van der Waals surface area contributed by atoms with Crippen LogP contribution in [0, 0.1) is 0 Å². The second kappa shape index (κ2) is 7.69. The van der Waals surface area contributed by atoms with Crippen molar-refractivity contribution in [3.05, 3.63) is 132 Å². The predicted molar refractivity (Wildman–Crippen MR) is 162 cm³/mol. The van der Waals surface area contributed by atoms with E-state index in [1.165, 1.54) is 77.1 Å². The topological polar surface area (TPSA) is 15.8 Å². The van der Waals surface area contributed by atoms with Crippen molar-refractivity contribution < 1.29 is 0 Å². The van der Waals surface area contributed by atoms with Crippen molar-refractivity contribution in [2.75, 3.05) is 0 Å². The van der Waals surface area contributed by atoms with Crippen molar-refractivity contribution in [1.29, 1.82) is 0 Å². The molecule has 38 heavy (non-hydrogen) atoms. The third-order valence-corrected chi connectivity index (χ3v) is 8.56. The molecule has 0 amide bonds. The van der Waals surface area contributed by atoms with Crippen molar-refractivity contribution in [2.24, 2.45) is 0 Å². The molecular weight excluding hydrogens is 458 g/mol. The molecule has 1 nitrogen and oxygen atoms in total. The van der Waals surface area contributed by atoms with Gasteiger partial charge in [0.15, 0.2) is 0 Å². The lowest BCUT2D eigenvalue weighted by molar-refractivity contribution is 0.662. The Morgan fingerprint density at radius 2 is 1.16 bits per heavy atom. The summed E-state index contributed by atoms with van der Waals surface area (Å²) < 4.78 is 0. The quantitative estimate of drug-likeness (QED) is 0.251. The summed E-state index contributed by atoms with van der Waals surface area (Å²) in [5.41, 5.74) is 12.9. The average molecular weight is 486 g/mol. The number of fused-ring (bicyclic) bond motifs is 9. The first kappa shape index (κ1) is 21.5. The number of aromatic amines is 1. The van der Waals surface area contributed by atoms with Crippen LogP contribution in [0.3, 0.4) is 0 Å². The molecule has 0 spiro atoms. The normalized spacial score (nSPS) is 13.7. The molecule has 1 N–H and O–H groups in total. The van der Waals surface area contributed by atoms with E-state index in [4.69, 9.17) is 0 Å². The van der Waals surface area contributed by atoms with Crippen molar-refractivity contribution in [3.8, 4) is 33.4 Å². The molecule has 0 saturated heterocycles. The van der Waals surface area contributed by atoms with E-state index in [0.717, 1.165) is 0 Å². The lowest BCUT2D eigenvalue weighted by Gasteiger charge is -2.27. The molecule has 1 heteroatoms. The molecule has 0 aliphatic heterocycles. The van der Waals surface area contributed by atoms with E-state index in [-0.39, 0.29) is 5.41 Å². The third-order valence-electron chi connectivity index (χ3n) is 8.56. The van der Waals surface area contributed by atoms with Crippen LogP contribution in [0.2, 0.25) is 0 Å². The smallest absolute Gasteiger partial charge is 0.0554 e. The zero-order valence-corrected chi connectivity index (χ0v) is 21.5. The summed E-state index contributed by atoms with van der Waals surface area (Å²) in [4.78, 5) is 3.94. The van der Waals surface area contributed by atoms with E-state index in [2.05, 4.69) is 140 Å². The Bertz CT molecular complexity index is 2030. The number of rotatable bonds is 2. The minimum Gasteiger partial charge on any atom is -0.354 e. The molecule has 180 valence electrons. The lowest BCUT2D eigenvalue weighted by atomic mass is 9.75. The highest BCUT2D eigenvalue weighted by Gasteiger charge is 2.41. The highest BCUT2D eigenvalue weighted by molar-refractivity contribution is 6.29. The highest BCUT2D eigenvalue weighted by Crippen LogP contribution is 2.58. The molecule has 0 fully saturated rings. The van der Waals surface area contributed by atoms with Crippen LogP contribution in [0.1, 0.15) is 25.0 Å². The van der Waals surface area contributed by atoms with Crippen LogP contribution in [0.5, 0.6) is 0 Å². The van der Waals surface area contributed by atoms with Gasteiger partial charge in [-0.3, -0.25) is 0 Å². The van der Waals surface area contributed by atoms with E-state index in [1.807, 2.05) is 0 Å². The predicted octanol–water partition coefficient (Wildman–Crippen LogP) is 10.1. The second-order valence-electron chi connectivity index (χ2n) is 11.0. The van der Waals surface area contributed by atoms with Crippen LogP contribution in [0.25, 0.3) is 66.0 Å². The average Bonchev–Trinajstić information content (AvgIpc) is 3.47. The standard InChI is InChI=1S/C37H27N/c1-37(2)28-20-12-11-19-27(28)33-35(37)31(25-16-7-4-8-17-25)30(24-14-5-3-6-15-24)34-32-26-18-10-9-13-23(26)21-22-29(32)38-36(33)34/h3-22,38H,1-2H3. The van der Waals surface area contributed by atoms with Gasteiger partial charge in [-0.1, -0.05) is 129 Å². The van der Waals surface area contributed by atoms with E-state index >= 15 is 0 Å². The number of aromatic nitrogens is 1. The zero-order valence-electron chi connectivity index (χ0n) is 21.5. The molecule has 1 aliphatic rings. The summed E-state index contributed by atoms with van der Waals surface area (Å²) in [5.74, 6) is 0. The van der Waals surface area contributed by atoms with E-state index in [0.29, 0.717) is 0 Å². The Balaban J connectivity index is 1.72. The Labute approximate surface area is 222 Å². The van der Waals surface area contributed by atoms with Crippen molar-refractivity contribution in [2.45, 2.75) is 19.3 Å². The lowest BCUT2D eigenvalue weighted by Crippen LogP contribution is -2.17. The maximum absolute atomic E-state index is 3.94. The summed E-state index contributed by atoms with van der Waals surface area (Å²) in [6.07, 6.45) is 0. The molecule has 1 aromatic heterocycles. The first-order valence-corrected chi connectivity index (χ1v) is 13.4. The van der Waals surface area contributed by atoms with E-state index in [9.17, 15) is 0 Å².